The van der Waals surface area contributed by atoms with Crippen molar-refractivity contribution in [3.63, 3.8) is 0 Å². The lowest BCUT2D eigenvalue weighted by Crippen LogP contribution is -2.48. The molecule has 2 aliphatic heterocycles. The minimum atomic E-state index is -3.05. The van der Waals surface area contributed by atoms with Crippen molar-refractivity contribution in [3.05, 3.63) is 0 Å². The summed E-state index contributed by atoms with van der Waals surface area (Å²) < 4.78 is 30.3. The first-order valence-electron chi connectivity index (χ1n) is 6.76. The second kappa shape index (κ2) is 5.86. The predicted octanol–water partition coefficient (Wildman–Crippen LogP) is 0.425. The molecule has 3 atom stereocenters. The summed E-state index contributed by atoms with van der Waals surface area (Å²) >= 11 is 0. The minimum Gasteiger partial charge on any atom is -0.381 e. The van der Waals surface area contributed by atoms with Gasteiger partial charge in [0.25, 0.3) is 0 Å². The lowest BCUT2D eigenvalue weighted by atomic mass is 9.97. The molecule has 0 radical (unpaired) electrons. The quantitative estimate of drug-likeness (QED) is 0.809. The Morgan fingerprint density at radius 2 is 2.17 bits per heavy atom. The smallest absolute Gasteiger partial charge is 0.211 e. The van der Waals surface area contributed by atoms with E-state index in [0.717, 1.165) is 39.0 Å². The van der Waals surface area contributed by atoms with E-state index in [1.54, 1.807) is 4.31 Å². The Kier molecular flexibility index (Phi) is 4.64. The molecule has 0 aliphatic carbocycles. The first-order valence-corrected chi connectivity index (χ1v) is 8.61. The van der Waals surface area contributed by atoms with E-state index in [1.165, 1.54) is 6.26 Å². The lowest BCUT2D eigenvalue weighted by Gasteiger charge is -2.32. The molecule has 0 spiro atoms. The Balaban J connectivity index is 1.85. The molecule has 2 aliphatic rings. The molecule has 2 unspecified atom stereocenters. The molecule has 2 fully saturated rings. The summed E-state index contributed by atoms with van der Waals surface area (Å²) in [5, 5.41) is 3.53. The van der Waals surface area contributed by atoms with Gasteiger partial charge in [-0.2, -0.15) is 4.31 Å². The van der Waals surface area contributed by atoms with Crippen molar-refractivity contribution in [1.82, 2.24) is 9.62 Å². The van der Waals surface area contributed by atoms with Crippen LogP contribution in [-0.2, 0) is 14.8 Å². The fourth-order valence-corrected chi connectivity index (χ4v) is 4.10. The van der Waals surface area contributed by atoms with Gasteiger partial charge in [0.2, 0.25) is 10.0 Å². The van der Waals surface area contributed by atoms with Crippen molar-refractivity contribution < 1.29 is 13.2 Å². The molecule has 2 saturated heterocycles. The van der Waals surface area contributed by atoms with Gasteiger partial charge in [0.1, 0.15) is 0 Å². The van der Waals surface area contributed by atoms with Gasteiger partial charge in [-0.15, -0.1) is 0 Å². The van der Waals surface area contributed by atoms with E-state index in [2.05, 4.69) is 12.2 Å². The third-order valence-corrected chi connectivity index (χ3v) is 5.34. The minimum absolute atomic E-state index is 0.134. The van der Waals surface area contributed by atoms with Gasteiger partial charge in [0.15, 0.2) is 0 Å². The Morgan fingerprint density at radius 3 is 2.83 bits per heavy atom. The van der Waals surface area contributed by atoms with E-state index in [1.807, 2.05) is 0 Å². The molecule has 18 heavy (non-hydrogen) atoms. The van der Waals surface area contributed by atoms with Gasteiger partial charge < -0.3 is 10.1 Å². The SMILES string of the molecule is CC1COCCC1NC[C@H]1CCCN1S(C)(=O)=O. The van der Waals surface area contributed by atoms with Gasteiger partial charge in [-0.3, -0.25) is 0 Å². The summed E-state index contributed by atoms with van der Waals surface area (Å²) in [6, 6.07) is 0.593. The Morgan fingerprint density at radius 1 is 1.39 bits per heavy atom. The molecule has 0 aromatic carbocycles. The normalized spacial score (nSPS) is 34.9. The van der Waals surface area contributed by atoms with Crippen LogP contribution < -0.4 is 5.32 Å². The van der Waals surface area contributed by atoms with Crippen molar-refractivity contribution in [2.75, 3.05) is 32.6 Å². The van der Waals surface area contributed by atoms with Crippen LogP contribution in [0.5, 0.6) is 0 Å². The van der Waals surface area contributed by atoms with Crippen LogP contribution in [0.25, 0.3) is 0 Å². The predicted molar refractivity (Wildman–Crippen MR) is 71.0 cm³/mol. The molecular weight excluding hydrogens is 252 g/mol. The van der Waals surface area contributed by atoms with Gasteiger partial charge in [-0.1, -0.05) is 6.92 Å². The number of sulfonamides is 1. The first kappa shape index (κ1) is 14.2. The number of nitrogens with one attached hydrogen (secondary N) is 1. The average Bonchev–Trinajstić information content (AvgIpc) is 2.76. The third kappa shape index (κ3) is 3.44. The van der Waals surface area contributed by atoms with E-state index in [4.69, 9.17) is 4.74 Å². The average molecular weight is 276 g/mol. The molecule has 106 valence electrons. The van der Waals surface area contributed by atoms with Crippen LogP contribution in [0.2, 0.25) is 0 Å². The van der Waals surface area contributed by atoms with Crippen LogP contribution in [0.1, 0.15) is 26.2 Å². The molecule has 0 aromatic heterocycles. The maximum absolute atomic E-state index is 11.6. The topological polar surface area (TPSA) is 58.6 Å². The largest absolute Gasteiger partial charge is 0.381 e. The summed E-state index contributed by atoms with van der Waals surface area (Å²) in [5.41, 5.74) is 0. The van der Waals surface area contributed by atoms with Crippen molar-refractivity contribution in [1.29, 1.82) is 0 Å². The molecule has 2 heterocycles. The van der Waals surface area contributed by atoms with Crippen molar-refractivity contribution in [2.24, 2.45) is 5.92 Å². The maximum Gasteiger partial charge on any atom is 0.211 e. The monoisotopic (exact) mass is 276 g/mol. The molecule has 6 heteroatoms. The Hall–Kier alpha value is -0.170. The molecule has 1 N–H and O–H groups in total. The zero-order valence-corrected chi connectivity index (χ0v) is 12.1. The molecule has 0 amide bonds. The Bertz CT molecular complexity index is 372. The highest BCUT2D eigenvalue weighted by atomic mass is 32.2. The molecule has 2 rings (SSSR count). The van der Waals surface area contributed by atoms with E-state index in [9.17, 15) is 8.42 Å². The van der Waals surface area contributed by atoms with Crippen LogP contribution in [0, 0.1) is 5.92 Å². The van der Waals surface area contributed by atoms with Gasteiger partial charge >= 0.3 is 0 Å². The first-order chi connectivity index (χ1) is 8.48. The van der Waals surface area contributed by atoms with Gasteiger partial charge in [-0.05, 0) is 25.2 Å². The van der Waals surface area contributed by atoms with Gasteiger partial charge in [0.05, 0.1) is 12.9 Å². The fourth-order valence-electron chi connectivity index (χ4n) is 2.92. The number of hydrogen-bond acceptors (Lipinski definition) is 4. The van der Waals surface area contributed by atoms with Crippen LogP contribution >= 0.6 is 0 Å². The summed E-state index contributed by atoms with van der Waals surface area (Å²) in [6.07, 6.45) is 4.27. The molecule has 0 bridgehead atoms. The summed E-state index contributed by atoms with van der Waals surface area (Å²) in [6.45, 7) is 5.23. The number of ether oxygens (including phenoxy) is 1. The van der Waals surface area contributed by atoms with Crippen LogP contribution in [0.15, 0.2) is 0 Å². The molecule has 0 saturated carbocycles. The van der Waals surface area contributed by atoms with Crippen molar-refractivity contribution in [2.45, 2.75) is 38.3 Å². The zero-order chi connectivity index (χ0) is 13.2. The van der Waals surface area contributed by atoms with E-state index >= 15 is 0 Å². The lowest BCUT2D eigenvalue weighted by molar-refractivity contribution is 0.0381. The van der Waals surface area contributed by atoms with Gasteiger partial charge in [0, 0.05) is 31.8 Å². The van der Waals surface area contributed by atoms with Crippen LogP contribution in [0.3, 0.4) is 0 Å². The van der Waals surface area contributed by atoms with Crippen molar-refractivity contribution in [3.8, 4) is 0 Å². The van der Waals surface area contributed by atoms with Crippen molar-refractivity contribution >= 4 is 10.0 Å². The summed E-state index contributed by atoms with van der Waals surface area (Å²) in [7, 11) is -3.05. The zero-order valence-electron chi connectivity index (χ0n) is 11.3. The second-order valence-corrected chi connectivity index (χ2v) is 7.46. The fraction of sp³-hybridized carbons (Fsp3) is 1.00. The standard InChI is InChI=1S/C12H24N2O3S/c1-10-9-17-7-5-12(10)13-8-11-4-3-6-14(11)18(2,15)16/h10-13H,3-9H2,1-2H3/t10?,11-,12?/m1/s1. The van der Waals surface area contributed by atoms with E-state index in [-0.39, 0.29) is 6.04 Å². The highest BCUT2D eigenvalue weighted by molar-refractivity contribution is 7.88. The van der Waals surface area contributed by atoms with E-state index < -0.39 is 10.0 Å². The molecular formula is C12H24N2O3S. The third-order valence-electron chi connectivity index (χ3n) is 4.01. The highest BCUT2D eigenvalue weighted by Gasteiger charge is 2.32. The number of hydrogen-bond donors (Lipinski definition) is 1. The number of nitrogens with zero attached hydrogens (tertiary/aromatic N) is 1. The number of rotatable bonds is 4. The second-order valence-electron chi connectivity index (χ2n) is 5.53. The summed E-state index contributed by atoms with van der Waals surface area (Å²) in [5.74, 6) is 0.506. The van der Waals surface area contributed by atoms with E-state index in [0.29, 0.717) is 18.5 Å². The summed E-state index contributed by atoms with van der Waals surface area (Å²) in [4.78, 5) is 0. The molecule has 0 aromatic rings. The molecule has 5 nitrogen and oxygen atoms in total. The highest BCUT2D eigenvalue weighted by Crippen LogP contribution is 2.21. The van der Waals surface area contributed by atoms with Crippen LogP contribution in [-0.4, -0.2) is 57.4 Å². The maximum atomic E-state index is 11.6. The van der Waals surface area contributed by atoms with Crippen LogP contribution in [0.4, 0.5) is 0 Å². The van der Waals surface area contributed by atoms with Gasteiger partial charge in [-0.25, -0.2) is 8.42 Å². The Labute approximate surface area is 110 Å².